The van der Waals surface area contributed by atoms with Crippen LogP contribution in [0.4, 0.5) is 0 Å². The van der Waals surface area contributed by atoms with E-state index < -0.39 is 22.2 Å². The number of hydroxylamine groups is 4. The molecule has 2 fully saturated rings. The molecule has 0 aromatic carbocycles. The van der Waals surface area contributed by atoms with Gasteiger partial charge in [-0.15, -0.1) is 20.5 Å². The molecule has 0 saturated carbocycles. The summed E-state index contributed by atoms with van der Waals surface area (Å²) in [6, 6.07) is 0. The molecule has 2 aliphatic rings. The van der Waals surface area contributed by atoms with Crippen molar-refractivity contribution >= 4 is 11.8 Å². The van der Waals surface area contributed by atoms with E-state index in [4.69, 9.17) is 4.74 Å². The number of carbonyl (C=O) groups is 2. The van der Waals surface area contributed by atoms with Crippen molar-refractivity contribution in [2.24, 2.45) is 11.8 Å². The number of carbonyl (C=O) groups excluding carboxylic acids is 2. The average Bonchev–Trinajstić information content (AvgIpc) is 2.76. The van der Waals surface area contributed by atoms with Gasteiger partial charge in [-0.05, 0) is 93.4 Å². The first-order chi connectivity index (χ1) is 17.4. The smallest absolute Gasteiger partial charge is 0.306 e. The molecule has 2 heterocycles. The Kier molecular flexibility index (Phi) is 11.4. The summed E-state index contributed by atoms with van der Waals surface area (Å²) in [5.74, 6) is 0.583. The highest BCUT2D eigenvalue weighted by Gasteiger charge is 2.48. The highest BCUT2D eigenvalue weighted by Crippen LogP contribution is 2.42. The SMILES string of the molecule is CCC(CCCCCCCC(=O)OC1CC(C)(C)N([O])C(C)(C)C1)C(=O)CC1CC(C)(C)N([O])C(C)(C)C1. The van der Waals surface area contributed by atoms with E-state index in [1.807, 2.05) is 55.4 Å². The molecule has 1 atom stereocenters. The van der Waals surface area contributed by atoms with Gasteiger partial charge in [0.25, 0.3) is 0 Å². The predicted octanol–water partition coefficient (Wildman–Crippen LogP) is 7.23. The summed E-state index contributed by atoms with van der Waals surface area (Å²) < 4.78 is 5.74. The van der Waals surface area contributed by atoms with Crippen LogP contribution in [-0.4, -0.2) is 50.1 Å². The van der Waals surface area contributed by atoms with E-state index >= 15 is 0 Å². The summed E-state index contributed by atoms with van der Waals surface area (Å²) >= 11 is 0. The van der Waals surface area contributed by atoms with Crippen molar-refractivity contribution in [1.29, 1.82) is 0 Å². The Labute approximate surface area is 232 Å². The lowest BCUT2D eigenvalue weighted by Gasteiger charge is -2.50. The minimum absolute atomic E-state index is 0.107. The highest BCUT2D eigenvalue weighted by atomic mass is 16.5. The molecule has 220 valence electrons. The number of unbranched alkanes of at least 4 members (excludes halogenated alkanes) is 4. The van der Waals surface area contributed by atoms with Gasteiger partial charge in [-0.25, -0.2) is 0 Å². The molecule has 2 aliphatic heterocycles. The van der Waals surface area contributed by atoms with Crippen LogP contribution in [0.2, 0.25) is 0 Å². The summed E-state index contributed by atoms with van der Waals surface area (Å²) in [5, 5.41) is 27.5. The first-order valence-corrected chi connectivity index (χ1v) is 15.1. The third-order valence-corrected chi connectivity index (χ3v) is 8.90. The first kappa shape index (κ1) is 33.2. The zero-order chi connectivity index (χ0) is 28.9. The molecule has 2 saturated heterocycles. The van der Waals surface area contributed by atoms with Gasteiger partial charge in [-0.3, -0.25) is 9.59 Å². The Hall–Kier alpha value is -1.02. The van der Waals surface area contributed by atoms with Crippen LogP contribution in [-0.2, 0) is 24.7 Å². The minimum atomic E-state index is -0.536. The Morgan fingerprint density at radius 2 is 1.18 bits per heavy atom. The molecule has 7 nitrogen and oxygen atoms in total. The van der Waals surface area contributed by atoms with Gasteiger partial charge >= 0.3 is 5.97 Å². The third-order valence-electron chi connectivity index (χ3n) is 8.90. The van der Waals surface area contributed by atoms with Gasteiger partial charge < -0.3 is 4.74 Å². The number of ketones is 1. The molecule has 1 unspecified atom stereocenters. The van der Waals surface area contributed by atoms with Gasteiger partial charge in [-0.1, -0.05) is 32.6 Å². The standard InChI is InChI=1S/C31H56N2O5/c1-10-24(26(34)18-23-19-28(2,3)32(36)29(4,5)20-23)16-14-12-11-13-15-17-27(35)38-25-21-30(6,7)33(37)31(8,9)22-25/h23-25H,10-22H2,1-9H3. The molecule has 0 amide bonds. The van der Waals surface area contributed by atoms with E-state index in [-0.39, 0.29) is 23.9 Å². The zero-order valence-corrected chi connectivity index (χ0v) is 25.9. The molecular weight excluding hydrogens is 480 g/mol. The van der Waals surface area contributed by atoms with Gasteiger partial charge in [0.1, 0.15) is 11.9 Å². The van der Waals surface area contributed by atoms with Crippen LogP contribution >= 0.6 is 0 Å². The van der Waals surface area contributed by atoms with Gasteiger partial charge in [-0.2, -0.15) is 0 Å². The van der Waals surface area contributed by atoms with Crippen molar-refractivity contribution in [3.05, 3.63) is 0 Å². The van der Waals surface area contributed by atoms with E-state index in [9.17, 15) is 20.0 Å². The van der Waals surface area contributed by atoms with Crippen molar-refractivity contribution in [3.63, 3.8) is 0 Å². The summed E-state index contributed by atoms with van der Waals surface area (Å²) in [7, 11) is 0. The maximum Gasteiger partial charge on any atom is 0.306 e. The summed E-state index contributed by atoms with van der Waals surface area (Å²) in [4.78, 5) is 25.5. The van der Waals surface area contributed by atoms with Crippen molar-refractivity contribution in [2.75, 3.05) is 0 Å². The van der Waals surface area contributed by atoms with Gasteiger partial charge in [0.05, 0.1) is 0 Å². The van der Waals surface area contributed by atoms with Crippen LogP contribution < -0.4 is 0 Å². The molecule has 7 heteroatoms. The largest absolute Gasteiger partial charge is 0.462 e. The number of piperidine rings is 2. The third kappa shape index (κ3) is 9.00. The van der Waals surface area contributed by atoms with Gasteiger partial charge in [0, 0.05) is 53.8 Å². The lowest BCUT2D eigenvalue weighted by atomic mass is 9.72. The van der Waals surface area contributed by atoms with Crippen LogP contribution in [0.3, 0.4) is 0 Å². The van der Waals surface area contributed by atoms with Crippen LogP contribution in [0.5, 0.6) is 0 Å². The van der Waals surface area contributed by atoms with Crippen LogP contribution in [0.25, 0.3) is 0 Å². The lowest BCUT2D eigenvalue weighted by molar-refractivity contribution is -0.299. The fourth-order valence-corrected chi connectivity index (χ4v) is 7.35. The maximum atomic E-state index is 13.1. The Bertz CT molecular complexity index is 755. The van der Waals surface area contributed by atoms with Crippen molar-refractivity contribution in [1.82, 2.24) is 10.1 Å². The molecule has 0 spiro atoms. The van der Waals surface area contributed by atoms with E-state index in [2.05, 4.69) is 6.92 Å². The number of Topliss-reactive ketones (excluding diaryl/α,β-unsaturated/α-hetero) is 1. The normalized spacial score (nSPS) is 24.7. The van der Waals surface area contributed by atoms with E-state index in [0.717, 1.165) is 62.9 Å². The minimum Gasteiger partial charge on any atom is -0.462 e. The number of hydrogen-bond acceptors (Lipinski definition) is 5. The molecule has 0 aromatic heterocycles. The van der Waals surface area contributed by atoms with Crippen molar-refractivity contribution < 1.29 is 24.7 Å². The monoisotopic (exact) mass is 536 g/mol. The van der Waals surface area contributed by atoms with Crippen LogP contribution in [0, 0.1) is 11.8 Å². The molecule has 38 heavy (non-hydrogen) atoms. The second kappa shape index (κ2) is 13.1. The second-order valence-electron chi connectivity index (χ2n) is 14.7. The second-order valence-corrected chi connectivity index (χ2v) is 14.7. The maximum absolute atomic E-state index is 13.1. The Morgan fingerprint density at radius 1 is 0.737 bits per heavy atom. The molecule has 2 rings (SSSR count). The lowest BCUT2D eigenvalue weighted by Crippen LogP contribution is -2.60. The zero-order valence-electron chi connectivity index (χ0n) is 25.9. The van der Waals surface area contributed by atoms with E-state index in [1.165, 1.54) is 5.06 Å². The van der Waals surface area contributed by atoms with Crippen LogP contribution in [0.15, 0.2) is 0 Å². The average molecular weight is 537 g/mol. The Balaban J connectivity index is 1.64. The number of hydrogen-bond donors (Lipinski definition) is 0. The molecule has 0 N–H and O–H groups in total. The molecular formula is C31H56N2O5. The topological polar surface area (TPSA) is 89.6 Å². The molecule has 0 bridgehead atoms. The summed E-state index contributed by atoms with van der Waals surface area (Å²) in [6.07, 6.45) is 10.2. The fourth-order valence-electron chi connectivity index (χ4n) is 7.35. The Morgan fingerprint density at radius 3 is 1.68 bits per heavy atom. The highest BCUT2D eigenvalue weighted by molar-refractivity contribution is 5.81. The van der Waals surface area contributed by atoms with Crippen molar-refractivity contribution in [3.8, 4) is 0 Å². The predicted molar refractivity (Wildman–Crippen MR) is 149 cm³/mol. The number of rotatable bonds is 13. The van der Waals surface area contributed by atoms with Crippen LogP contribution in [0.1, 0.15) is 146 Å². The molecule has 0 aliphatic carbocycles. The number of ether oxygens (including phenoxy) is 1. The first-order valence-electron chi connectivity index (χ1n) is 15.1. The summed E-state index contributed by atoms with van der Waals surface area (Å²) in [6.45, 7) is 17.7. The van der Waals surface area contributed by atoms with Crippen molar-refractivity contribution in [2.45, 2.75) is 174 Å². The summed E-state index contributed by atoms with van der Waals surface area (Å²) in [5.41, 5.74) is -1.93. The number of nitrogens with zero attached hydrogens (tertiary/aromatic N) is 2. The molecule has 0 aromatic rings. The van der Waals surface area contributed by atoms with Gasteiger partial charge in [0.2, 0.25) is 0 Å². The number of esters is 1. The van der Waals surface area contributed by atoms with E-state index in [1.54, 1.807) is 0 Å². The molecule has 2 radical (unpaired) electrons. The van der Waals surface area contributed by atoms with Gasteiger partial charge in [0.15, 0.2) is 0 Å². The quantitative estimate of drug-likeness (QED) is 0.183. The fraction of sp³-hybridized carbons (Fsp3) is 0.935. The van der Waals surface area contributed by atoms with E-state index in [0.29, 0.717) is 31.5 Å².